The lowest BCUT2D eigenvalue weighted by molar-refractivity contribution is 0.0555. The third-order valence-electron chi connectivity index (χ3n) is 6.30. The Kier molecular flexibility index (Phi) is 6.62. The highest BCUT2D eigenvalue weighted by molar-refractivity contribution is 6.15. The van der Waals surface area contributed by atoms with E-state index in [2.05, 4.69) is 29.0 Å². The number of aromatic nitrogens is 2. The molecule has 1 aromatic carbocycles. The van der Waals surface area contributed by atoms with Crippen molar-refractivity contribution in [3.63, 3.8) is 0 Å². The van der Waals surface area contributed by atoms with Gasteiger partial charge in [0.15, 0.2) is 0 Å². The molecule has 1 saturated carbocycles. The Morgan fingerprint density at radius 3 is 2.62 bits per heavy atom. The van der Waals surface area contributed by atoms with Gasteiger partial charge in [-0.2, -0.15) is 0 Å². The number of nitrogens with two attached hydrogens (primary N) is 2. The standard InChI is InChI=1S/C24H33N5O3/c1-4-30-11-12-31-29-22-19-13-17(32-16-7-5-15(25)6-8-16)9-10-18(19)21-20(24(22,2)3)23(26)28-14-27-21/h9-10,13-16H,4-8,11-12,25H2,1-3H3,(H2,26,27,28)/b29-22+/t15-,16+. The molecule has 0 unspecified atom stereocenters. The van der Waals surface area contributed by atoms with Gasteiger partial charge >= 0.3 is 0 Å². The maximum Gasteiger partial charge on any atom is 0.140 e. The Balaban J connectivity index is 1.71. The van der Waals surface area contributed by atoms with Crippen LogP contribution in [0.1, 0.15) is 57.6 Å². The molecule has 2 aromatic rings. The lowest BCUT2D eigenvalue weighted by Crippen LogP contribution is -2.36. The number of nitrogens with zero attached hydrogens (tertiary/aromatic N) is 3. The van der Waals surface area contributed by atoms with Crippen LogP contribution in [0.25, 0.3) is 11.3 Å². The fourth-order valence-corrected chi connectivity index (χ4v) is 4.59. The first-order valence-electron chi connectivity index (χ1n) is 11.4. The second-order valence-electron chi connectivity index (χ2n) is 8.94. The zero-order valence-corrected chi connectivity index (χ0v) is 19.1. The predicted octanol–water partition coefficient (Wildman–Crippen LogP) is 3.42. The van der Waals surface area contributed by atoms with Gasteiger partial charge in [-0.05, 0) is 64.7 Å². The highest BCUT2D eigenvalue weighted by Gasteiger charge is 2.41. The summed E-state index contributed by atoms with van der Waals surface area (Å²) < 4.78 is 11.7. The summed E-state index contributed by atoms with van der Waals surface area (Å²) in [6.07, 6.45) is 5.61. The van der Waals surface area contributed by atoms with Crippen molar-refractivity contribution in [1.82, 2.24) is 9.97 Å². The van der Waals surface area contributed by atoms with Gasteiger partial charge in [-0.3, -0.25) is 0 Å². The van der Waals surface area contributed by atoms with E-state index in [4.69, 9.17) is 25.8 Å². The van der Waals surface area contributed by atoms with Crippen LogP contribution in [-0.4, -0.2) is 47.6 Å². The first-order valence-corrected chi connectivity index (χ1v) is 11.4. The average Bonchev–Trinajstić information content (AvgIpc) is 2.77. The van der Waals surface area contributed by atoms with E-state index in [0.29, 0.717) is 25.6 Å². The largest absolute Gasteiger partial charge is 0.490 e. The molecule has 1 fully saturated rings. The van der Waals surface area contributed by atoms with Gasteiger partial charge < -0.3 is 25.8 Å². The van der Waals surface area contributed by atoms with E-state index in [1.54, 1.807) is 0 Å². The van der Waals surface area contributed by atoms with Gasteiger partial charge in [0.05, 0.1) is 24.1 Å². The van der Waals surface area contributed by atoms with Crippen molar-refractivity contribution in [2.45, 2.75) is 64.0 Å². The fourth-order valence-electron chi connectivity index (χ4n) is 4.59. The Labute approximate surface area is 189 Å². The van der Waals surface area contributed by atoms with E-state index in [1.807, 2.05) is 25.1 Å². The molecule has 0 saturated heterocycles. The van der Waals surface area contributed by atoms with E-state index >= 15 is 0 Å². The molecule has 0 aliphatic heterocycles. The molecular weight excluding hydrogens is 406 g/mol. The minimum Gasteiger partial charge on any atom is -0.490 e. The van der Waals surface area contributed by atoms with Gasteiger partial charge in [0.1, 0.15) is 24.5 Å². The van der Waals surface area contributed by atoms with Crippen molar-refractivity contribution < 1.29 is 14.3 Å². The van der Waals surface area contributed by atoms with Crippen LogP contribution in [0, 0.1) is 0 Å². The SMILES string of the molecule is CCOCCO/N=C1\c2cc(O[C@H]3CC[C@@H](N)CC3)ccc2-c2ncnc(N)c2C1(C)C. The first kappa shape index (κ1) is 22.5. The van der Waals surface area contributed by atoms with Crippen LogP contribution in [0.5, 0.6) is 5.75 Å². The topological polar surface area (TPSA) is 118 Å². The summed E-state index contributed by atoms with van der Waals surface area (Å²) in [7, 11) is 0. The summed E-state index contributed by atoms with van der Waals surface area (Å²) in [4.78, 5) is 14.4. The van der Waals surface area contributed by atoms with Gasteiger partial charge in [0.2, 0.25) is 0 Å². The van der Waals surface area contributed by atoms with Gasteiger partial charge in [0, 0.05) is 34.8 Å². The highest BCUT2D eigenvalue weighted by Crippen LogP contribution is 2.45. The Morgan fingerprint density at radius 2 is 1.88 bits per heavy atom. The molecule has 0 radical (unpaired) electrons. The van der Waals surface area contributed by atoms with Crippen LogP contribution >= 0.6 is 0 Å². The van der Waals surface area contributed by atoms with Gasteiger partial charge in [-0.1, -0.05) is 5.16 Å². The number of benzene rings is 1. The van der Waals surface area contributed by atoms with Gasteiger partial charge in [0.25, 0.3) is 0 Å². The van der Waals surface area contributed by atoms with Gasteiger partial charge in [-0.25, -0.2) is 9.97 Å². The molecule has 0 amide bonds. The second kappa shape index (κ2) is 9.42. The van der Waals surface area contributed by atoms with E-state index in [0.717, 1.165) is 59.5 Å². The number of nitrogen functional groups attached to an aromatic ring is 1. The van der Waals surface area contributed by atoms with Crippen molar-refractivity contribution in [2.75, 3.05) is 25.6 Å². The molecule has 4 rings (SSSR count). The Morgan fingerprint density at radius 1 is 1.09 bits per heavy atom. The zero-order valence-electron chi connectivity index (χ0n) is 19.1. The monoisotopic (exact) mass is 439 g/mol. The Hall–Kier alpha value is -2.71. The maximum absolute atomic E-state index is 6.33. The molecule has 8 heteroatoms. The molecule has 1 aromatic heterocycles. The molecule has 8 nitrogen and oxygen atoms in total. The van der Waals surface area contributed by atoms with Crippen molar-refractivity contribution in [2.24, 2.45) is 10.9 Å². The van der Waals surface area contributed by atoms with Crippen molar-refractivity contribution in [1.29, 1.82) is 0 Å². The molecule has 2 aliphatic rings. The molecule has 32 heavy (non-hydrogen) atoms. The van der Waals surface area contributed by atoms with Crippen molar-refractivity contribution in [3.05, 3.63) is 35.7 Å². The summed E-state index contributed by atoms with van der Waals surface area (Å²) in [6, 6.07) is 6.34. The van der Waals surface area contributed by atoms with Crippen molar-refractivity contribution in [3.8, 4) is 17.0 Å². The van der Waals surface area contributed by atoms with E-state index < -0.39 is 5.41 Å². The molecule has 0 spiro atoms. The molecule has 0 atom stereocenters. The van der Waals surface area contributed by atoms with Gasteiger partial charge in [-0.15, -0.1) is 0 Å². The minimum atomic E-state index is -0.546. The molecule has 0 bridgehead atoms. The summed E-state index contributed by atoms with van der Waals surface area (Å²) in [5.41, 5.74) is 16.1. The number of anilines is 1. The summed E-state index contributed by atoms with van der Waals surface area (Å²) in [6.45, 7) is 7.57. The molecule has 2 aliphatic carbocycles. The van der Waals surface area contributed by atoms with Crippen LogP contribution in [0.3, 0.4) is 0 Å². The summed E-state index contributed by atoms with van der Waals surface area (Å²) in [5.74, 6) is 1.26. The fraction of sp³-hybridized carbons (Fsp3) is 0.542. The minimum absolute atomic E-state index is 0.178. The molecular formula is C24H33N5O3. The number of rotatable bonds is 7. The van der Waals surface area contributed by atoms with E-state index in [9.17, 15) is 0 Å². The number of hydrogen-bond acceptors (Lipinski definition) is 8. The molecule has 1 heterocycles. The number of fused-ring (bicyclic) bond motifs is 3. The lowest BCUT2D eigenvalue weighted by atomic mass is 9.70. The summed E-state index contributed by atoms with van der Waals surface area (Å²) >= 11 is 0. The predicted molar refractivity (Wildman–Crippen MR) is 125 cm³/mol. The lowest BCUT2D eigenvalue weighted by Gasteiger charge is -2.35. The average molecular weight is 440 g/mol. The van der Waals surface area contributed by atoms with Crippen LogP contribution in [-0.2, 0) is 15.0 Å². The van der Waals surface area contributed by atoms with Crippen LogP contribution in [0.15, 0.2) is 29.7 Å². The van der Waals surface area contributed by atoms with Crippen molar-refractivity contribution >= 4 is 11.5 Å². The highest BCUT2D eigenvalue weighted by atomic mass is 16.6. The quantitative estimate of drug-likeness (QED) is 0.501. The Bertz CT molecular complexity index is 984. The third kappa shape index (κ3) is 4.42. The van der Waals surface area contributed by atoms with Crippen LogP contribution < -0.4 is 16.2 Å². The molecule has 172 valence electrons. The second-order valence-corrected chi connectivity index (χ2v) is 8.94. The normalized spacial score (nSPS) is 22.8. The van der Waals surface area contributed by atoms with Crippen LogP contribution in [0.2, 0.25) is 0 Å². The zero-order chi connectivity index (χ0) is 22.7. The number of oxime groups is 1. The maximum atomic E-state index is 6.33. The van der Waals surface area contributed by atoms with Crippen LogP contribution in [0.4, 0.5) is 5.82 Å². The number of ether oxygens (including phenoxy) is 2. The smallest absolute Gasteiger partial charge is 0.140 e. The van der Waals surface area contributed by atoms with E-state index in [1.165, 1.54) is 6.33 Å². The molecule has 4 N–H and O–H groups in total. The van der Waals surface area contributed by atoms with E-state index in [-0.39, 0.29) is 12.1 Å². The first-order chi connectivity index (χ1) is 15.4. The number of hydrogen-bond donors (Lipinski definition) is 2. The third-order valence-corrected chi connectivity index (χ3v) is 6.30. The summed E-state index contributed by atoms with van der Waals surface area (Å²) in [5, 5.41) is 4.54.